The van der Waals surface area contributed by atoms with Crippen LogP contribution < -0.4 is 5.63 Å². The van der Waals surface area contributed by atoms with Gasteiger partial charge in [-0.1, -0.05) is 12.1 Å². The van der Waals surface area contributed by atoms with Crippen LogP contribution in [0.3, 0.4) is 0 Å². The average Bonchev–Trinajstić information content (AvgIpc) is 3.05. The van der Waals surface area contributed by atoms with E-state index >= 15 is 0 Å². The summed E-state index contributed by atoms with van der Waals surface area (Å²) in [5, 5.41) is 9.81. The summed E-state index contributed by atoms with van der Waals surface area (Å²) in [7, 11) is 0. The van der Waals surface area contributed by atoms with Crippen molar-refractivity contribution in [2.45, 2.75) is 26.4 Å². The van der Waals surface area contributed by atoms with Gasteiger partial charge in [0.2, 0.25) is 0 Å². The van der Waals surface area contributed by atoms with Gasteiger partial charge in [-0.05, 0) is 36.2 Å². The molecule has 0 atom stereocenters. The van der Waals surface area contributed by atoms with Crippen molar-refractivity contribution in [2.75, 3.05) is 6.54 Å². The lowest BCUT2D eigenvalue weighted by Gasteiger charge is -2.20. The number of furan rings is 1. The molecule has 0 radical (unpaired) electrons. The van der Waals surface area contributed by atoms with Crippen LogP contribution in [0.25, 0.3) is 11.0 Å². The van der Waals surface area contributed by atoms with Crippen molar-refractivity contribution in [1.29, 1.82) is 5.26 Å². The molecule has 122 valence electrons. The number of benzene rings is 1. The highest BCUT2D eigenvalue weighted by molar-refractivity contribution is 5.80. The molecule has 1 aromatic carbocycles. The van der Waals surface area contributed by atoms with E-state index in [0.717, 1.165) is 22.3 Å². The maximum Gasteiger partial charge on any atom is 0.336 e. The average molecular weight is 322 g/mol. The van der Waals surface area contributed by atoms with Gasteiger partial charge in [0.15, 0.2) is 0 Å². The number of hydrogen-bond acceptors (Lipinski definition) is 5. The Labute approximate surface area is 139 Å². The molecule has 5 heteroatoms. The Balaban J connectivity index is 1.92. The molecular formula is C19H18N2O3. The van der Waals surface area contributed by atoms with Gasteiger partial charge in [-0.2, -0.15) is 5.26 Å². The number of aryl methyl sites for hydroxylation is 1. The van der Waals surface area contributed by atoms with Crippen LogP contribution in [-0.2, 0) is 13.1 Å². The monoisotopic (exact) mass is 322 g/mol. The van der Waals surface area contributed by atoms with E-state index in [1.54, 1.807) is 6.26 Å². The first-order valence-corrected chi connectivity index (χ1v) is 7.81. The zero-order valence-electron chi connectivity index (χ0n) is 13.5. The predicted octanol–water partition coefficient (Wildman–Crippen LogP) is 3.61. The van der Waals surface area contributed by atoms with Gasteiger partial charge in [0.25, 0.3) is 0 Å². The third-order valence-corrected chi connectivity index (χ3v) is 3.88. The summed E-state index contributed by atoms with van der Waals surface area (Å²) in [5.41, 5.74) is 2.17. The van der Waals surface area contributed by atoms with E-state index in [-0.39, 0.29) is 5.63 Å². The van der Waals surface area contributed by atoms with E-state index in [1.807, 2.05) is 37.3 Å². The lowest BCUT2D eigenvalue weighted by Crippen LogP contribution is -2.24. The van der Waals surface area contributed by atoms with Crippen molar-refractivity contribution in [2.24, 2.45) is 0 Å². The summed E-state index contributed by atoms with van der Waals surface area (Å²) in [5.74, 6) is 0.830. The van der Waals surface area contributed by atoms with Gasteiger partial charge in [-0.15, -0.1) is 0 Å². The summed E-state index contributed by atoms with van der Waals surface area (Å²) in [6, 6.07) is 13.3. The first-order valence-electron chi connectivity index (χ1n) is 7.81. The SMILES string of the molecule is Cc1ccc2c(CN(CCC#N)Cc3ccco3)cc(=O)oc2c1. The normalized spacial score (nSPS) is 11.0. The molecule has 0 aliphatic heterocycles. The minimum atomic E-state index is -0.360. The van der Waals surface area contributed by atoms with Crippen LogP contribution in [0.2, 0.25) is 0 Å². The second-order valence-corrected chi connectivity index (χ2v) is 5.79. The van der Waals surface area contributed by atoms with Crippen molar-refractivity contribution in [1.82, 2.24) is 4.90 Å². The zero-order valence-corrected chi connectivity index (χ0v) is 13.5. The van der Waals surface area contributed by atoms with Crippen LogP contribution in [0, 0.1) is 18.3 Å². The Kier molecular flexibility index (Phi) is 4.78. The van der Waals surface area contributed by atoms with E-state index < -0.39 is 0 Å². The third kappa shape index (κ3) is 3.73. The highest BCUT2D eigenvalue weighted by Crippen LogP contribution is 2.21. The third-order valence-electron chi connectivity index (χ3n) is 3.88. The van der Waals surface area contributed by atoms with Gasteiger partial charge >= 0.3 is 5.63 Å². The number of nitrogens with zero attached hydrogens (tertiary/aromatic N) is 2. The molecule has 2 aromatic heterocycles. The molecular weight excluding hydrogens is 304 g/mol. The van der Waals surface area contributed by atoms with Gasteiger partial charge < -0.3 is 8.83 Å². The highest BCUT2D eigenvalue weighted by Gasteiger charge is 2.13. The molecule has 5 nitrogen and oxygen atoms in total. The Bertz CT molecular complexity index is 920. The summed E-state index contributed by atoms with van der Waals surface area (Å²) < 4.78 is 10.7. The molecule has 2 heterocycles. The first kappa shape index (κ1) is 16.0. The zero-order chi connectivity index (χ0) is 16.9. The maximum atomic E-state index is 11.9. The van der Waals surface area contributed by atoms with E-state index in [4.69, 9.17) is 14.1 Å². The maximum absolute atomic E-state index is 11.9. The number of fused-ring (bicyclic) bond motifs is 1. The lowest BCUT2D eigenvalue weighted by molar-refractivity contribution is 0.241. The van der Waals surface area contributed by atoms with E-state index in [2.05, 4.69) is 11.0 Å². The number of nitriles is 1. The van der Waals surface area contributed by atoms with Crippen molar-refractivity contribution in [3.63, 3.8) is 0 Å². The van der Waals surface area contributed by atoms with Gasteiger partial charge in [-0.3, -0.25) is 4.90 Å². The Morgan fingerprint density at radius 2 is 2.08 bits per heavy atom. The van der Waals surface area contributed by atoms with Crippen LogP contribution in [0.5, 0.6) is 0 Å². The molecule has 24 heavy (non-hydrogen) atoms. The lowest BCUT2D eigenvalue weighted by atomic mass is 10.1. The molecule has 0 aliphatic rings. The van der Waals surface area contributed by atoms with Crippen LogP contribution in [0.4, 0.5) is 0 Å². The smallest absolute Gasteiger partial charge is 0.336 e. The van der Waals surface area contributed by atoms with Crippen LogP contribution in [0.15, 0.2) is 56.3 Å². The van der Waals surface area contributed by atoms with Crippen LogP contribution in [-0.4, -0.2) is 11.4 Å². The Morgan fingerprint density at radius 3 is 2.83 bits per heavy atom. The van der Waals surface area contributed by atoms with Gasteiger partial charge in [0.1, 0.15) is 11.3 Å². The Hall–Kier alpha value is -2.84. The molecule has 0 amide bonds. The van der Waals surface area contributed by atoms with E-state index in [9.17, 15) is 4.79 Å². The molecule has 0 fully saturated rings. The number of rotatable bonds is 6. The number of hydrogen-bond donors (Lipinski definition) is 0. The predicted molar refractivity (Wildman–Crippen MR) is 90.3 cm³/mol. The fraction of sp³-hybridized carbons (Fsp3) is 0.263. The Morgan fingerprint density at radius 1 is 1.21 bits per heavy atom. The fourth-order valence-electron chi connectivity index (χ4n) is 2.75. The molecule has 0 aliphatic carbocycles. The summed E-state index contributed by atoms with van der Waals surface area (Å²) in [4.78, 5) is 14.0. The van der Waals surface area contributed by atoms with Crippen molar-refractivity contribution >= 4 is 11.0 Å². The van der Waals surface area contributed by atoms with Gasteiger partial charge in [0.05, 0.1) is 18.9 Å². The first-order chi connectivity index (χ1) is 11.7. The molecule has 0 bridgehead atoms. The second kappa shape index (κ2) is 7.16. The van der Waals surface area contributed by atoms with Crippen LogP contribution >= 0.6 is 0 Å². The molecule has 0 unspecified atom stereocenters. The molecule has 3 rings (SSSR count). The quantitative estimate of drug-likeness (QED) is 0.648. The van der Waals surface area contributed by atoms with Gasteiger partial charge in [-0.25, -0.2) is 4.79 Å². The second-order valence-electron chi connectivity index (χ2n) is 5.79. The molecule has 3 aromatic rings. The minimum Gasteiger partial charge on any atom is -0.468 e. The molecule has 0 N–H and O–H groups in total. The van der Waals surface area contributed by atoms with E-state index in [0.29, 0.717) is 31.6 Å². The topological polar surface area (TPSA) is 70.4 Å². The largest absolute Gasteiger partial charge is 0.468 e. The summed E-state index contributed by atoms with van der Waals surface area (Å²) in [6.07, 6.45) is 2.05. The fourth-order valence-corrected chi connectivity index (χ4v) is 2.75. The highest BCUT2D eigenvalue weighted by atomic mass is 16.4. The molecule has 0 saturated heterocycles. The van der Waals surface area contributed by atoms with E-state index in [1.165, 1.54) is 6.07 Å². The van der Waals surface area contributed by atoms with Gasteiger partial charge in [0, 0.05) is 31.0 Å². The molecule has 0 spiro atoms. The van der Waals surface area contributed by atoms with Crippen molar-refractivity contribution < 1.29 is 8.83 Å². The molecule has 0 saturated carbocycles. The van der Waals surface area contributed by atoms with Crippen molar-refractivity contribution in [3.8, 4) is 6.07 Å². The summed E-state index contributed by atoms with van der Waals surface area (Å²) >= 11 is 0. The summed E-state index contributed by atoms with van der Waals surface area (Å²) in [6.45, 7) is 3.70. The standard InChI is InChI=1S/C19H18N2O3/c1-14-5-6-17-15(11-19(22)24-18(17)10-14)12-21(8-3-7-20)13-16-4-2-9-23-16/h2,4-6,9-11H,3,8,12-13H2,1H3. The van der Waals surface area contributed by atoms with Crippen LogP contribution in [0.1, 0.15) is 23.3 Å². The minimum absolute atomic E-state index is 0.360. The van der Waals surface area contributed by atoms with Crippen molar-refractivity contribution in [3.05, 3.63) is 70.0 Å².